The number of allylic oxidation sites excluding steroid dienone is 1. The van der Waals surface area contributed by atoms with Gasteiger partial charge in [-0.1, -0.05) is 18.2 Å². The van der Waals surface area contributed by atoms with Gasteiger partial charge in [-0.05, 0) is 36.5 Å². The molecule has 7 heteroatoms. The minimum Gasteiger partial charge on any atom is -0.418 e. The normalized spacial score (nSPS) is 11.0. The molecule has 0 aliphatic heterocycles. The largest absolute Gasteiger partial charge is 0.673 e. The smallest absolute Gasteiger partial charge is 0.418 e. The van der Waals surface area contributed by atoms with E-state index in [0.717, 1.165) is 5.57 Å². The van der Waals surface area contributed by atoms with E-state index in [-0.39, 0.29) is 0 Å². The molecule has 0 aromatic heterocycles. The molecular weight excluding hydrogens is 295 g/mol. The van der Waals surface area contributed by atoms with E-state index in [0.29, 0.717) is 0 Å². The Hall–Kier alpha value is -1.94. The third kappa shape index (κ3) is 9.89. The van der Waals surface area contributed by atoms with Crippen LogP contribution >= 0.6 is 0 Å². The summed E-state index contributed by atoms with van der Waals surface area (Å²) >= 11 is 0. The molecule has 1 rings (SSSR count). The predicted octanol–water partition coefficient (Wildman–Crippen LogP) is 2.66. The summed E-state index contributed by atoms with van der Waals surface area (Å²) in [6.45, 7) is 4.26. The fourth-order valence-electron chi connectivity index (χ4n) is 1.50. The maximum absolute atomic E-state index is 9.75. The van der Waals surface area contributed by atoms with Crippen LogP contribution in [0.4, 0.5) is 17.3 Å². The first-order valence-electron chi connectivity index (χ1n) is 6.67. The Labute approximate surface area is 129 Å². The van der Waals surface area contributed by atoms with E-state index >= 15 is 0 Å². The van der Waals surface area contributed by atoms with Crippen LogP contribution in [0, 0.1) is 25.8 Å². The molecule has 2 N–H and O–H groups in total. The molecule has 0 fully saturated rings. The van der Waals surface area contributed by atoms with Gasteiger partial charge in [0, 0.05) is 20.3 Å². The summed E-state index contributed by atoms with van der Waals surface area (Å²) < 4.78 is 39.0. The highest BCUT2D eigenvalue weighted by Crippen LogP contribution is 2.17. The molecule has 122 valence electrons. The topological polar surface area (TPSA) is 19.9 Å². The molecule has 0 spiro atoms. The Morgan fingerprint density at radius 1 is 1.14 bits per heavy atom. The van der Waals surface area contributed by atoms with Gasteiger partial charge in [-0.25, -0.2) is 0 Å². The lowest BCUT2D eigenvalue weighted by molar-refractivity contribution is -0.534. The van der Waals surface area contributed by atoms with Crippen molar-refractivity contribution < 1.29 is 22.6 Å². The van der Waals surface area contributed by atoms with E-state index < -0.39 is 7.25 Å². The van der Waals surface area contributed by atoms with Crippen LogP contribution < -0.4 is 5.32 Å². The fourth-order valence-corrected chi connectivity index (χ4v) is 1.50. The molecule has 0 saturated heterocycles. The van der Waals surface area contributed by atoms with Crippen LogP contribution in [0.2, 0.25) is 0 Å². The number of nitrogens with zero attached hydrogens (tertiary/aromatic N) is 1. The van der Waals surface area contributed by atoms with Crippen molar-refractivity contribution in [1.29, 1.82) is 0 Å². The van der Waals surface area contributed by atoms with Gasteiger partial charge in [0.1, 0.15) is 6.04 Å². The Kier molecular flexibility index (Phi) is 8.35. The molecule has 0 radical (unpaired) electrons. The molecule has 0 amide bonds. The van der Waals surface area contributed by atoms with Crippen molar-refractivity contribution in [2.45, 2.75) is 13.8 Å². The van der Waals surface area contributed by atoms with Gasteiger partial charge < -0.3 is 22.2 Å². The summed E-state index contributed by atoms with van der Waals surface area (Å²) in [6, 6.07) is 9.48. The first kappa shape index (κ1) is 20.1. The lowest BCUT2D eigenvalue weighted by atomic mass is 10.0. The quantitative estimate of drug-likeness (QED) is 0.505. The highest BCUT2D eigenvalue weighted by Gasteiger charge is 2.20. The minimum absolute atomic E-state index is 1.05. The number of halogens is 4. The maximum atomic E-state index is 9.75. The zero-order valence-electron chi connectivity index (χ0n) is 13.4. The van der Waals surface area contributed by atoms with Gasteiger partial charge in [-0.15, -0.1) is 0 Å². The van der Waals surface area contributed by atoms with Crippen molar-refractivity contribution in [2.75, 3.05) is 21.1 Å². The SMILES string of the molecule is C[NH2+]C#C/C(=C\N(C)C)c1ccc(C)c(C)c1.F[B-](F)(F)F. The number of aryl methyl sites for hydroxylation is 2. The average molecular weight is 316 g/mol. The molecule has 1 aromatic rings. The second-order valence-corrected chi connectivity index (χ2v) is 4.86. The summed E-state index contributed by atoms with van der Waals surface area (Å²) in [5.41, 5.74) is 4.84. The van der Waals surface area contributed by atoms with Crippen LogP contribution in [0.3, 0.4) is 0 Å². The lowest BCUT2D eigenvalue weighted by Gasteiger charge is -2.09. The van der Waals surface area contributed by atoms with Crippen LogP contribution in [0.5, 0.6) is 0 Å². The van der Waals surface area contributed by atoms with Gasteiger partial charge in [-0.2, -0.15) is 0 Å². The van der Waals surface area contributed by atoms with E-state index in [1.165, 1.54) is 16.7 Å². The Balaban J connectivity index is 0.000000763. The van der Waals surface area contributed by atoms with Crippen LogP contribution in [-0.2, 0) is 0 Å². The van der Waals surface area contributed by atoms with Gasteiger partial charge >= 0.3 is 7.25 Å². The van der Waals surface area contributed by atoms with Gasteiger partial charge in [0.25, 0.3) is 0 Å². The van der Waals surface area contributed by atoms with Crippen molar-refractivity contribution in [3.8, 4) is 12.0 Å². The van der Waals surface area contributed by atoms with Crippen LogP contribution in [0.25, 0.3) is 5.57 Å². The third-order valence-corrected chi connectivity index (χ3v) is 2.56. The number of hydrogen-bond acceptors (Lipinski definition) is 1. The monoisotopic (exact) mass is 316 g/mol. The number of hydrogen-bond donors (Lipinski definition) is 1. The van der Waals surface area contributed by atoms with Gasteiger partial charge in [0.2, 0.25) is 0 Å². The number of benzene rings is 1. The zero-order chi connectivity index (χ0) is 17.3. The lowest BCUT2D eigenvalue weighted by Crippen LogP contribution is -2.73. The summed E-state index contributed by atoms with van der Waals surface area (Å²) in [5.74, 6) is 3.18. The van der Waals surface area contributed by atoms with Crippen molar-refractivity contribution >= 4 is 12.8 Å². The Morgan fingerprint density at radius 2 is 1.68 bits per heavy atom. The van der Waals surface area contributed by atoms with E-state index in [1.807, 2.05) is 31.4 Å². The number of quaternary nitrogens is 1. The molecule has 0 aliphatic rings. The van der Waals surface area contributed by atoms with Gasteiger partial charge in [0.15, 0.2) is 0 Å². The summed E-state index contributed by atoms with van der Waals surface area (Å²) in [7, 11) is -0.0303. The number of rotatable bonds is 2. The third-order valence-electron chi connectivity index (χ3n) is 2.56. The van der Waals surface area contributed by atoms with Crippen molar-refractivity contribution in [3.05, 3.63) is 41.1 Å². The average Bonchev–Trinajstić information content (AvgIpc) is 2.35. The van der Waals surface area contributed by atoms with E-state index in [2.05, 4.69) is 50.2 Å². The van der Waals surface area contributed by atoms with Gasteiger partial charge in [-0.3, -0.25) is 5.32 Å². The van der Waals surface area contributed by atoms with Crippen LogP contribution in [0.15, 0.2) is 24.4 Å². The maximum Gasteiger partial charge on any atom is 0.673 e. The molecule has 0 saturated carbocycles. The molecule has 0 heterocycles. The standard InChI is InChI=1S/C15H20N2.BF4/c1-12-6-7-14(10-13(12)2)15(8-9-16-3)11-17(4)5;2-1(3,4)5/h6-7,10-11,16H,1-5H3;/q;-1/p+1/b15-11+;. The number of nitrogens with two attached hydrogens (primary N) is 1. The zero-order valence-corrected chi connectivity index (χ0v) is 13.4. The molecule has 0 aliphatic carbocycles. The Bertz CT molecular complexity index is 563. The molecule has 0 atom stereocenters. The highest BCUT2D eigenvalue weighted by atomic mass is 19.5. The highest BCUT2D eigenvalue weighted by molar-refractivity contribution is 6.50. The second-order valence-electron chi connectivity index (χ2n) is 4.86. The van der Waals surface area contributed by atoms with Crippen molar-refractivity contribution in [2.24, 2.45) is 0 Å². The molecule has 2 nitrogen and oxygen atoms in total. The van der Waals surface area contributed by atoms with Crippen molar-refractivity contribution in [1.82, 2.24) is 4.90 Å². The second kappa shape index (κ2) is 9.16. The molecule has 1 aromatic carbocycles. The molecule has 0 bridgehead atoms. The first-order chi connectivity index (χ1) is 10.0. The van der Waals surface area contributed by atoms with E-state index in [4.69, 9.17) is 0 Å². The summed E-state index contributed by atoms with van der Waals surface area (Å²) in [4.78, 5) is 2.02. The predicted molar refractivity (Wildman–Crippen MR) is 83.4 cm³/mol. The van der Waals surface area contributed by atoms with Crippen LogP contribution in [0.1, 0.15) is 16.7 Å². The summed E-state index contributed by atoms with van der Waals surface area (Å²) in [6.07, 6.45) is 2.06. The molecule has 22 heavy (non-hydrogen) atoms. The van der Waals surface area contributed by atoms with Gasteiger partial charge in [0.05, 0.1) is 12.6 Å². The van der Waals surface area contributed by atoms with E-state index in [9.17, 15) is 17.3 Å². The summed E-state index contributed by atoms with van der Waals surface area (Å²) in [5, 5.41) is 1.87. The molecule has 0 unspecified atom stereocenters. The Morgan fingerprint density at radius 3 is 2.09 bits per heavy atom. The van der Waals surface area contributed by atoms with Crippen LogP contribution in [-0.4, -0.2) is 33.3 Å². The first-order valence-corrected chi connectivity index (χ1v) is 6.67. The van der Waals surface area contributed by atoms with Crippen molar-refractivity contribution in [3.63, 3.8) is 0 Å². The minimum atomic E-state index is -6.00. The molecular formula is C15H21BF4N2. The fraction of sp³-hybridized carbons (Fsp3) is 0.333. The van der Waals surface area contributed by atoms with E-state index in [1.54, 1.807) is 0 Å².